The molecular formula is C37H54O13. The number of fused-ring (bicyclic) bond motifs is 5. The van der Waals surface area contributed by atoms with Crippen LogP contribution in [0.2, 0.25) is 0 Å². The van der Waals surface area contributed by atoms with Crippen LogP contribution in [0.1, 0.15) is 81.1 Å². The molecule has 1 heterocycles. The summed E-state index contributed by atoms with van der Waals surface area (Å²) in [4.78, 5) is 53.2. The largest absolute Gasteiger partial charge is 0.458 e. The highest BCUT2D eigenvalue weighted by molar-refractivity contribution is 5.98. The van der Waals surface area contributed by atoms with Crippen molar-refractivity contribution in [2.45, 2.75) is 135 Å². The first-order valence-corrected chi connectivity index (χ1v) is 17.5. The third-order valence-corrected chi connectivity index (χ3v) is 13.6. The van der Waals surface area contributed by atoms with Crippen molar-refractivity contribution in [1.29, 1.82) is 0 Å². The number of carbonyl (C=O) groups excluding carboxylic acids is 4. The van der Waals surface area contributed by atoms with Gasteiger partial charge in [0.05, 0.1) is 12.7 Å². The number of ether oxygens (including phenoxy) is 3. The van der Waals surface area contributed by atoms with E-state index >= 15 is 0 Å². The fourth-order valence-electron chi connectivity index (χ4n) is 10.6. The molecule has 4 fully saturated rings. The zero-order valence-electron chi connectivity index (χ0n) is 30.2. The first kappa shape index (κ1) is 38.9. The third kappa shape index (κ3) is 5.58. The fourth-order valence-corrected chi connectivity index (χ4v) is 10.6. The van der Waals surface area contributed by atoms with Crippen LogP contribution in [0.5, 0.6) is 0 Å². The number of aliphatic hydroxyl groups excluding tert-OH is 5. The maximum Gasteiger partial charge on any atom is 0.293 e. The second kappa shape index (κ2) is 12.6. The summed E-state index contributed by atoms with van der Waals surface area (Å²) >= 11 is 0. The molecule has 280 valence electrons. The summed E-state index contributed by atoms with van der Waals surface area (Å²) in [7, 11) is 0. The van der Waals surface area contributed by atoms with E-state index < -0.39 is 100 Å². The van der Waals surface area contributed by atoms with E-state index in [-0.39, 0.29) is 43.2 Å². The van der Waals surface area contributed by atoms with Crippen molar-refractivity contribution in [1.82, 2.24) is 0 Å². The molecule has 0 aromatic heterocycles. The van der Waals surface area contributed by atoms with Crippen molar-refractivity contribution in [2.75, 3.05) is 6.61 Å². The molecule has 0 amide bonds. The first-order chi connectivity index (χ1) is 23.0. The zero-order valence-corrected chi connectivity index (χ0v) is 30.2. The summed E-state index contributed by atoms with van der Waals surface area (Å²) in [5, 5.41) is 64.5. The molecular weight excluding hydrogens is 652 g/mol. The Morgan fingerprint density at radius 1 is 1.02 bits per heavy atom. The van der Waals surface area contributed by atoms with Crippen molar-refractivity contribution in [3.05, 3.63) is 23.8 Å². The van der Waals surface area contributed by atoms with Gasteiger partial charge in [-0.1, -0.05) is 32.4 Å². The maximum absolute atomic E-state index is 14.8. The fraction of sp³-hybridized carbons (Fsp3) is 0.784. The van der Waals surface area contributed by atoms with Crippen molar-refractivity contribution in [3.8, 4) is 0 Å². The van der Waals surface area contributed by atoms with E-state index in [2.05, 4.69) is 0 Å². The van der Waals surface area contributed by atoms with Crippen LogP contribution in [0.25, 0.3) is 0 Å². The van der Waals surface area contributed by atoms with E-state index in [0.29, 0.717) is 6.42 Å². The second-order valence-corrected chi connectivity index (χ2v) is 17.2. The third-order valence-electron chi connectivity index (χ3n) is 13.6. The smallest absolute Gasteiger partial charge is 0.293 e. The van der Waals surface area contributed by atoms with Crippen LogP contribution < -0.4 is 0 Å². The lowest BCUT2D eigenvalue weighted by Gasteiger charge is -2.64. The monoisotopic (exact) mass is 706 g/mol. The highest BCUT2D eigenvalue weighted by Gasteiger charge is 2.74. The van der Waals surface area contributed by atoms with Crippen molar-refractivity contribution in [2.24, 2.45) is 39.4 Å². The molecule has 0 aromatic rings. The van der Waals surface area contributed by atoms with Crippen molar-refractivity contribution >= 4 is 23.8 Å². The Kier molecular flexibility index (Phi) is 9.83. The molecule has 6 N–H and O–H groups in total. The number of hydrogen-bond acceptors (Lipinski definition) is 13. The maximum atomic E-state index is 14.8. The Balaban J connectivity index is 1.49. The van der Waals surface area contributed by atoms with E-state index in [9.17, 15) is 49.8 Å². The minimum Gasteiger partial charge on any atom is -0.458 e. The SMILES string of the molecule is CC(C)(/C=C/C(=O)C(C)(O)[C@H]1[C@H](O)C[C@@]2(C)[C@@H]3CC=C4[C@@H](C[C@H](OC5OC(CO)C(O)C(O)C5O)C(=O)C4(C)C)[C@]3(C)C(=O)C[C@]12C)OC=O. The molecule has 13 heteroatoms. The van der Waals surface area contributed by atoms with E-state index in [1.807, 2.05) is 26.8 Å². The number of hydrogen-bond donors (Lipinski definition) is 6. The highest BCUT2D eigenvalue weighted by atomic mass is 16.7. The minimum atomic E-state index is -2.08. The predicted molar refractivity (Wildman–Crippen MR) is 176 cm³/mol. The van der Waals surface area contributed by atoms with Gasteiger partial charge in [-0.25, -0.2) is 0 Å². The molecule has 13 nitrogen and oxygen atoms in total. The molecule has 0 aromatic carbocycles. The number of rotatable bonds is 9. The van der Waals surface area contributed by atoms with E-state index in [1.54, 1.807) is 27.7 Å². The Labute approximate surface area is 292 Å². The molecule has 6 unspecified atom stereocenters. The molecule has 3 saturated carbocycles. The summed E-state index contributed by atoms with van der Waals surface area (Å²) in [5.74, 6) is -3.01. The summed E-state index contributed by atoms with van der Waals surface area (Å²) in [6.45, 7) is 13.4. The number of Topliss-reactive ketones (excluding diaryl/α,β-unsaturated/α-hetero) is 2. The van der Waals surface area contributed by atoms with Gasteiger partial charge in [0, 0.05) is 23.2 Å². The minimum absolute atomic E-state index is 0.0541. The Bertz CT molecular complexity index is 1460. The second-order valence-electron chi connectivity index (χ2n) is 17.2. The summed E-state index contributed by atoms with van der Waals surface area (Å²) in [6, 6.07) is 0. The molecule has 5 rings (SSSR count). The number of allylic oxidation sites excluding steroid dienone is 2. The predicted octanol–water partition coefficient (Wildman–Crippen LogP) is 0.933. The quantitative estimate of drug-likeness (QED) is 0.112. The Morgan fingerprint density at radius 2 is 1.66 bits per heavy atom. The number of aliphatic hydroxyl groups is 6. The van der Waals surface area contributed by atoms with Gasteiger partial charge in [0.1, 0.15) is 47.5 Å². The lowest BCUT2D eigenvalue weighted by molar-refractivity contribution is -0.311. The molecule has 0 radical (unpaired) electrons. The van der Waals surface area contributed by atoms with Gasteiger partial charge in [-0.15, -0.1) is 0 Å². The molecule has 0 bridgehead atoms. The lowest BCUT2D eigenvalue weighted by atomic mass is 9.38. The van der Waals surface area contributed by atoms with Gasteiger partial charge in [0.25, 0.3) is 6.47 Å². The topological polar surface area (TPSA) is 217 Å². The van der Waals surface area contributed by atoms with Gasteiger partial charge in [-0.3, -0.25) is 19.2 Å². The van der Waals surface area contributed by atoms with Gasteiger partial charge >= 0.3 is 0 Å². The van der Waals surface area contributed by atoms with E-state index in [4.69, 9.17) is 14.2 Å². The highest BCUT2D eigenvalue weighted by Crippen LogP contribution is 2.74. The molecule has 4 aliphatic carbocycles. The lowest BCUT2D eigenvalue weighted by Crippen LogP contribution is -2.66. The van der Waals surface area contributed by atoms with Crippen molar-refractivity contribution < 1.29 is 64.0 Å². The molecule has 1 aliphatic heterocycles. The van der Waals surface area contributed by atoms with Gasteiger partial charge in [0.2, 0.25) is 0 Å². The van der Waals surface area contributed by atoms with Crippen LogP contribution in [0.15, 0.2) is 23.8 Å². The Hall–Kier alpha value is -2.36. The van der Waals surface area contributed by atoms with Crippen LogP contribution in [0.4, 0.5) is 0 Å². The molecule has 5 aliphatic rings. The normalized spacial score (nSPS) is 45.6. The van der Waals surface area contributed by atoms with E-state index in [1.165, 1.54) is 13.0 Å². The van der Waals surface area contributed by atoms with Gasteiger partial charge in [-0.05, 0) is 88.7 Å². The van der Waals surface area contributed by atoms with Crippen LogP contribution in [-0.4, -0.2) is 115 Å². The Morgan fingerprint density at radius 3 is 2.26 bits per heavy atom. The first-order valence-electron chi connectivity index (χ1n) is 17.5. The van der Waals surface area contributed by atoms with E-state index in [0.717, 1.165) is 11.6 Å². The van der Waals surface area contributed by atoms with Crippen LogP contribution in [0.3, 0.4) is 0 Å². The molecule has 50 heavy (non-hydrogen) atoms. The number of carbonyl (C=O) groups is 4. The molecule has 1 saturated heterocycles. The van der Waals surface area contributed by atoms with Gasteiger partial charge in [0.15, 0.2) is 17.9 Å². The van der Waals surface area contributed by atoms with Crippen LogP contribution in [0, 0.1) is 39.4 Å². The van der Waals surface area contributed by atoms with Crippen LogP contribution in [-0.2, 0) is 33.4 Å². The standard InChI is InChI=1S/C37H54O13/c1-32(2,48-17-39)12-11-24(41)37(8,47)29-20(40)14-34(5)23-10-9-18-19(36(23,7)25(42)15-35(29,34)6)13-21(30(46)33(18,3)4)49-31-28(45)27(44)26(43)22(16-38)50-31/h9,11-12,17,19-23,26-29,31,38,40,43-45,47H,10,13-16H2,1-8H3/b12-11+/t19-,20-,21+,22?,23+,26?,27?,28?,29+,31?,34+,35-,36+,37?/m1/s1. The van der Waals surface area contributed by atoms with Crippen molar-refractivity contribution in [3.63, 3.8) is 0 Å². The van der Waals surface area contributed by atoms with Crippen LogP contribution >= 0.6 is 0 Å². The molecule has 0 spiro atoms. The summed E-state index contributed by atoms with van der Waals surface area (Å²) in [6.07, 6.45) is -4.93. The summed E-state index contributed by atoms with van der Waals surface area (Å²) < 4.78 is 16.6. The van der Waals surface area contributed by atoms with Gasteiger partial charge < -0.3 is 44.8 Å². The number of ketones is 3. The zero-order chi connectivity index (χ0) is 37.6. The molecule has 14 atom stereocenters. The average molecular weight is 707 g/mol. The van der Waals surface area contributed by atoms with Gasteiger partial charge in [-0.2, -0.15) is 0 Å². The summed E-state index contributed by atoms with van der Waals surface area (Å²) in [5.41, 5.74) is -6.31. The average Bonchev–Trinajstić information content (AvgIpc) is 3.23.